The Balaban J connectivity index is 4.10. The fraction of sp³-hybridized carbons (Fsp3) is 0.951. The molecule has 0 aliphatic heterocycles. The molecule has 0 bridgehead atoms. The van der Waals surface area contributed by atoms with Gasteiger partial charge in [0.05, 0.1) is 13.2 Å². The molecule has 10 heteroatoms. The summed E-state index contributed by atoms with van der Waals surface area (Å²) in [6, 6.07) is 0. The van der Waals surface area contributed by atoms with E-state index in [1.165, 1.54) is 154 Å². The van der Waals surface area contributed by atoms with E-state index in [2.05, 4.69) is 13.8 Å². The van der Waals surface area contributed by atoms with Gasteiger partial charge in [0.2, 0.25) is 0 Å². The first-order valence-electron chi connectivity index (χ1n) is 21.5. The largest absolute Gasteiger partial charge is 0.472 e. The molecule has 0 rings (SSSR count). The molecule has 0 aliphatic carbocycles. The molecule has 0 aromatic carbocycles. The molecular weight excluding hydrogens is 665 g/mol. The van der Waals surface area contributed by atoms with Crippen LogP contribution in [0.15, 0.2) is 0 Å². The average Bonchev–Trinajstić information content (AvgIpc) is 3.11. The van der Waals surface area contributed by atoms with Crippen molar-refractivity contribution in [1.29, 1.82) is 0 Å². The number of hydrogen-bond donors (Lipinski definition) is 2. The number of hydrogen-bond acceptors (Lipinski definition) is 8. The van der Waals surface area contributed by atoms with E-state index < -0.39 is 26.5 Å². The Hall–Kier alpha value is -0.990. The third kappa shape index (κ3) is 38.5. The second kappa shape index (κ2) is 38.7. The summed E-state index contributed by atoms with van der Waals surface area (Å²) in [5.41, 5.74) is 5.34. The molecule has 3 N–H and O–H groups in total. The van der Waals surface area contributed by atoms with Gasteiger partial charge in [-0.2, -0.15) is 0 Å². The molecule has 0 radical (unpaired) electrons. The van der Waals surface area contributed by atoms with Crippen LogP contribution in [0, 0.1) is 0 Å². The SMILES string of the molecule is CCCCCCCCCCCCCCCCCCCC(=O)O[C@H](COC(=O)CCCCCCCCCCCCCCC)COP(=O)(O)OCCN. The van der Waals surface area contributed by atoms with E-state index in [0.717, 1.165) is 32.1 Å². The topological polar surface area (TPSA) is 134 Å². The minimum atomic E-state index is -4.37. The summed E-state index contributed by atoms with van der Waals surface area (Å²) in [4.78, 5) is 34.8. The highest BCUT2D eigenvalue weighted by Crippen LogP contribution is 2.43. The number of unbranched alkanes of at least 4 members (excludes halogenated alkanes) is 28. The summed E-state index contributed by atoms with van der Waals surface area (Å²) in [5, 5.41) is 0. The predicted octanol–water partition coefficient (Wildman–Crippen LogP) is 12.1. The quantitative estimate of drug-likeness (QED) is 0.0356. The maximum Gasteiger partial charge on any atom is 0.472 e. The van der Waals surface area contributed by atoms with Crippen molar-refractivity contribution in [3.8, 4) is 0 Å². The Morgan fingerprint density at radius 3 is 1.20 bits per heavy atom. The van der Waals surface area contributed by atoms with Gasteiger partial charge < -0.3 is 20.1 Å². The molecular formula is C41H82NO8P. The van der Waals surface area contributed by atoms with Crippen LogP contribution in [0.25, 0.3) is 0 Å². The molecule has 0 heterocycles. The van der Waals surface area contributed by atoms with Gasteiger partial charge in [-0.15, -0.1) is 0 Å². The fourth-order valence-electron chi connectivity index (χ4n) is 6.28. The zero-order chi connectivity index (χ0) is 37.5. The molecule has 0 spiro atoms. The summed E-state index contributed by atoms with van der Waals surface area (Å²) >= 11 is 0. The molecule has 2 atom stereocenters. The van der Waals surface area contributed by atoms with E-state index in [0.29, 0.717) is 6.42 Å². The van der Waals surface area contributed by atoms with Crippen molar-refractivity contribution in [3.05, 3.63) is 0 Å². The Labute approximate surface area is 314 Å². The van der Waals surface area contributed by atoms with Gasteiger partial charge in [0.15, 0.2) is 6.10 Å². The minimum Gasteiger partial charge on any atom is -0.462 e. The standard InChI is InChI=1S/C41H82NO8P/c1-3-5-7-9-11-13-15-17-18-19-20-22-24-26-28-30-32-34-41(44)50-39(38-49-51(45,46)48-36-35-42)37-47-40(43)33-31-29-27-25-23-21-16-14-12-10-8-6-4-2/h39H,3-38,42H2,1-2H3,(H,45,46)/t39-/m1/s1. The molecule has 304 valence electrons. The molecule has 51 heavy (non-hydrogen) atoms. The van der Waals surface area contributed by atoms with E-state index in [4.69, 9.17) is 24.3 Å². The van der Waals surface area contributed by atoms with Crippen LogP contribution in [0.3, 0.4) is 0 Å². The summed E-state index contributed by atoms with van der Waals surface area (Å²) in [7, 11) is -4.37. The van der Waals surface area contributed by atoms with Gasteiger partial charge in [0, 0.05) is 19.4 Å². The number of esters is 2. The van der Waals surface area contributed by atoms with E-state index in [1.807, 2.05) is 0 Å². The lowest BCUT2D eigenvalue weighted by Crippen LogP contribution is -2.29. The van der Waals surface area contributed by atoms with E-state index in [1.54, 1.807) is 0 Å². The van der Waals surface area contributed by atoms with Crippen molar-refractivity contribution in [2.45, 2.75) is 225 Å². The average molecular weight is 748 g/mol. The first-order valence-corrected chi connectivity index (χ1v) is 23.0. The highest BCUT2D eigenvalue weighted by atomic mass is 31.2. The summed E-state index contributed by atoms with van der Waals surface area (Å²) in [5.74, 6) is -0.813. The number of nitrogens with two attached hydrogens (primary N) is 1. The predicted molar refractivity (Wildman–Crippen MR) is 211 cm³/mol. The molecule has 0 aliphatic rings. The van der Waals surface area contributed by atoms with Crippen LogP contribution in [0.5, 0.6) is 0 Å². The highest BCUT2D eigenvalue weighted by Gasteiger charge is 2.26. The minimum absolute atomic E-state index is 0.0580. The molecule has 0 saturated heterocycles. The van der Waals surface area contributed by atoms with Gasteiger partial charge in [-0.25, -0.2) is 4.57 Å². The lowest BCUT2D eigenvalue weighted by molar-refractivity contribution is -0.161. The van der Waals surface area contributed by atoms with Crippen molar-refractivity contribution in [1.82, 2.24) is 0 Å². The van der Waals surface area contributed by atoms with Crippen LogP contribution in [0.4, 0.5) is 0 Å². The van der Waals surface area contributed by atoms with Crippen LogP contribution in [0.2, 0.25) is 0 Å². The number of rotatable bonds is 41. The third-order valence-corrected chi connectivity index (χ3v) is 10.5. The first-order chi connectivity index (χ1) is 24.8. The van der Waals surface area contributed by atoms with Crippen molar-refractivity contribution in [2.75, 3.05) is 26.4 Å². The van der Waals surface area contributed by atoms with Crippen LogP contribution < -0.4 is 5.73 Å². The molecule has 0 aromatic rings. The van der Waals surface area contributed by atoms with Gasteiger partial charge in [-0.3, -0.25) is 18.6 Å². The Morgan fingerprint density at radius 2 is 0.843 bits per heavy atom. The maximum atomic E-state index is 12.6. The van der Waals surface area contributed by atoms with Gasteiger partial charge >= 0.3 is 19.8 Å². The number of phosphoric ester groups is 1. The monoisotopic (exact) mass is 748 g/mol. The van der Waals surface area contributed by atoms with Crippen molar-refractivity contribution >= 4 is 19.8 Å². The number of phosphoric acid groups is 1. The van der Waals surface area contributed by atoms with E-state index >= 15 is 0 Å². The lowest BCUT2D eigenvalue weighted by Gasteiger charge is -2.19. The Morgan fingerprint density at radius 1 is 0.510 bits per heavy atom. The number of carbonyl (C=O) groups excluding carboxylic acids is 2. The van der Waals surface area contributed by atoms with Crippen molar-refractivity contribution in [2.24, 2.45) is 5.73 Å². The molecule has 0 amide bonds. The fourth-order valence-corrected chi connectivity index (χ4v) is 7.05. The molecule has 1 unspecified atom stereocenters. The normalized spacial score (nSPS) is 13.3. The van der Waals surface area contributed by atoms with Crippen LogP contribution in [-0.2, 0) is 32.7 Å². The van der Waals surface area contributed by atoms with Crippen molar-refractivity contribution in [3.63, 3.8) is 0 Å². The van der Waals surface area contributed by atoms with E-state index in [9.17, 15) is 19.0 Å². The second-order valence-corrected chi connectivity index (χ2v) is 16.0. The molecule has 0 fully saturated rings. The highest BCUT2D eigenvalue weighted by molar-refractivity contribution is 7.47. The Kier molecular flexibility index (Phi) is 38.0. The summed E-state index contributed by atoms with van der Waals surface area (Å²) in [6.45, 7) is 3.77. The summed E-state index contributed by atoms with van der Waals surface area (Å²) in [6.07, 6.45) is 37.0. The molecule has 0 saturated carbocycles. The third-order valence-electron chi connectivity index (χ3n) is 9.49. The number of carbonyl (C=O) groups is 2. The van der Waals surface area contributed by atoms with Gasteiger partial charge in [0.25, 0.3) is 0 Å². The van der Waals surface area contributed by atoms with Crippen molar-refractivity contribution < 1.29 is 37.6 Å². The maximum absolute atomic E-state index is 12.6. The zero-order valence-electron chi connectivity index (χ0n) is 33.4. The second-order valence-electron chi connectivity index (χ2n) is 14.6. The zero-order valence-corrected chi connectivity index (χ0v) is 34.3. The van der Waals surface area contributed by atoms with Gasteiger partial charge in [0.1, 0.15) is 6.61 Å². The molecule has 9 nitrogen and oxygen atoms in total. The molecule has 0 aromatic heterocycles. The van der Waals surface area contributed by atoms with Gasteiger partial charge in [-0.1, -0.05) is 194 Å². The van der Waals surface area contributed by atoms with Gasteiger partial charge in [-0.05, 0) is 12.8 Å². The van der Waals surface area contributed by atoms with E-state index in [-0.39, 0.29) is 38.6 Å². The summed E-state index contributed by atoms with van der Waals surface area (Å²) < 4.78 is 32.8. The Bertz CT molecular complexity index is 815. The smallest absolute Gasteiger partial charge is 0.462 e. The lowest BCUT2D eigenvalue weighted by atomic mass is 10.0. The first kappa shape index (κ1) is 50.0. The number of ether oxygens (including phenoxy) is 2. The van der Waals surface area contributed by atoms with Crippen LogP contribution in [0.1, 0.15) is 219 Å². The van der Waals surface area contributed by atoms with Crippen LogP contribution in [-0.4, -0.2) is 49.3 Å². The van der Waals surface area contributed by atoms with Crippen LogP contribution >= 0.6 is 7.82 Å².